The Morgan fingerprint density at radius 3 is 2.43 bits per heavy atom. The lowest BCUT2D eigenvalue weighted by Gasteiger charge is -2.32. The lowest BCUT2D eigenvalue weighted by atomic mass is 10.0. The maximum absolute atomic E-state index is 13.5. The second-order valence-corrected chi connectivity index (χ2v) is 8.53. The molecule has 2 atom stereocenters. The van der Waals surface area contributed by atoms with E-state index in [9.17, 15) is 14.4 Å². The summed E-state index contributed by atoms with van der Waals surface area (Å²) in [6.45, 7) is 0.679. The van der Waals surface area contributed by atoms with Crippen LogP contribution in [0.2, 0.25) is 5.02 Å². The number of rotatable bonds is 9. The fourth-order valence-corrected chi connectivity index (χ4v) is 4.07. The van der Waals surface area contributed by atoms with Crippen LogP contribution >= 0.6 is 11.6 Å². The number of benzene rings is 2. The molecule has 1 aromatic heterocycles. The van der Waals surface area contributed by atoms with E-state index in [4.69, 9.17) is 20.8 Å². The van der Waals surface area contributed by atoms with Crippen LogP contribution in [0.15, 0.2) is 77.4 Å². The van der Waals surface area contributed by atoms with Crippen LogP contribution in [-0.4, -0.2) is 43.5 Å². The highest BCUT2D eigenvalue weighted by atomic mass is 35.5. The molecule has 0 spiro atoms. The van der Waals surface area contributed by atoms with Crippen molar-refractivity contribution in [2.45, 2.75) is 25.0 Å². The van der Waals surface area contributed by atoms with Gasteiger partial charge in [0.25, 0.3) is 5.91 Å². The second-order valence-electron chi connectivity index (χ2n) is 8.09. The third-order valence-corrected chi connectivity index (χ3v) is 5.92. The molecule has 8 nitrogen and oxygen atoms in total. The highest BCUT2D eigenvalue weighted by Gasteiger charge is 2.33. The van der Waals surface area contributed by atoms with Gasteiger partial charge in [-0.15, -0.1) is 0 Å². The van der Waals surface area contributed by atoms with Gasteiger partial charge in [-0.2, -0.15) is 0 Å². The van der Waals surface area contributed by atoms with Crippen molar-refractivity contribution < 1.29 is 23.5 Å². The maximum Gasteiger partial charge on any atom is 0.287 e. The van der Waals surface area contributed by atoms with E-state index in [-0.39, 0.29) is 24.3 Å². The Labute approximate surface area is 208 Å². The summed E-state index contributed by atoms with van der Waals surface area (Å²) in [7, 11) is 0. The summed E-state index contributed by atoms with van der Waals surface area (Å²) >= 11 is 6.07. The van der Waals surface area contributed by atoms with E-state index >= 15 is 0 Å². The highest BCUT2D eigenvalue weighted by molar-refractivity contribution is 6.30. The van der Waals surface area contributed by atoms with Gasteiger partial charge < -0.3 is 19.8 Å². The van der Waals surface area contributed by atoms with E-state index in [2.05, 4.69) is 10.6 Å². The number of hydrogen-bond donors (Lipinski definition) is 2. The van der Waals surface area contributed by atoms with Gasteiger partial charge in [0.05, 0.1) is 18.9 Å². The van der Waals surface area contributed by atoms with Gasteiger partial charge >= 0.3 is 0 Å². The molecule has 0 radical (unpaired) electrons. The number of carbonyl (C=O) groups is 3. The first-order chi connectivity index (χ1) is 17.0. The predicted molar refractivity (Wildman–Crippen MR) is 131 cm³/mol. The first-order valence-corrected chi connectivity index (χ1v) is 11.7. The lowest BCUT2D eigenvalue weighted by Crippen LogP contribution is -2.48. The Kier molecular flexibility index (Phi) is 8.18. The zero-order chi connectivity index (χ0) is 24.6. The molecular weight excluding hydrogens is 470 g/mol. The predicted octanol–water partition coefficient (Wildman–Crippen LogP) is 3.73. The number of nitrogens with one attached hydrogen (secondary N) is 2. The van der Waals surface area contributed by atoms with Gasteiger partial charge in [-0.3, -0.25) is 19.3 Å². The van der Waals surface area contributed by atoms with Crippen LogP contribution < -0.4 is 15.5 Å². The number of furan rings is 1. The summed E-state index contributed by atoms with van der Waals surface area (Å²) in [5, 5.41) is 6.00. The maximum atomic E-state index is 13.5. The van der Waals surface area contributed by atoms with Crippen molar-refractivity contribution in [2.75, 3.05) is 24.6 Å². The van der Waals surface area contributed by atoms with Crippen LogP contribution in [0.5, 0.6) is 0 Å². The average molecular weight is 496 g/mol. The van der Waals surface area contributed by atoms with Crippen LogP contribution in [0.4, 0.5) is 5.69 Å². The highest BCUT2D eigenvalue weighted by Crippen LogP contribution is 2.29. The molecule has 182 valence electrons. The third-order valence-electron chi connectivity index (χ3n) is 5.67. The summed E-state index contributed by atoms with van der Waals surface area (Å²) in [5.41, 5.74) is 1.09. The zero-order valence-corrected chi connectivity index (χ0v) is 19.7. The summed E-state index contributed by atoms with van der Waals surface area (Å²) in [4.78, 5) is 40.8. The number of carbonyl (C=O) groups excluding carboxylic acids is 3. The average Bonchev–Trinajstić information content (AvgIpc) is 3.60. The second kappa shape index (κ2) is 11.7. The Morgan fingerprint density at radius 1 is 1.00 bits per heavy atom. The summed E-state index contributed by atoms with van der Waals surface area (Å²) in [6, 6.07) is 17.7. The topological polar surface area (TPSA) is 101 Å². The summed E-state index contributed by atoms with van der Waals surface area (Å²) < 4.78 is 10.7. The van der Waals surface area contributed by atoms with E-state index in [1.54, 1.807) is 54.6 Å². The van der Waals surface area contributed by atoms with Crippen molar-refractivity contribution in [1.29, 1.82) is 0 Å². The molecule has 2 N–H and O–H groups in total. The Balaban J connectivity index is 1.62. The first kappa shape index (κ1) is 24.5. The van der Waals surface area contributed by atoms with E-state index in [1.165, 1.54) is 17.2 Å². The zero-order valence-electron chi connectivity index (χ0n) is 19.0. The molecule has 4 rings (SSSR count). The van der Waals surface area contributed by atoms with Crippen molar-refractivity contribution in [2.24, 2.45) is 0 Å². The molecule has 9 heteroatoms. The van der Waals surface area contributed by atoms with Gasteiger partial charge in [-0.1, -0.05) is 41.9 Å². The Hall–Kier alpha value is -3.62. The number of halogens is 1. The van der Waals surface area contributed by atoms with Gasteiger partial charge in [0.2, 0.25) is 11.8 Å². The van der Waals surface area contributed by atoms with E-state index in [0.29, 0.717) is 29.4 Å². The normalized spacial score (nSPS) is 15.9. The molecule has 1 fully saturated rings. The third kappa shape index (κ3) is 6.29. The monoisotopic (exact) mass is 495 g/mol. The smallest absolute Gasteiger partial charge is 0.287 e. The van der Waals surface area contributed by atoms with E-state index in [1.807, 2.05) is 6.07 Å². The van der Waals surface area contributed by atoms with Gasteiger partial charge in [-0.05, 0) is 54.8 Å². The minimum absolute atomic E-state index is 0.0531. The molecule has 0 unspecified atom stereocenters. The molecule has 1 aliphatic heterocycles. The molecule has 0 aliphatic carbocycles. The van der Waals surface area contributed by atoms with Crippen molar-refractivity contribution in [3.63, 3.8) is 0 Å². The molecular formula is C26H26ClN3O5. The van der Waals surface area contributed by atoms with Crippen LogP contribution in [-0.2, 0) is 14.3 Å². The van der Waals surface area contributed by atoms with Gasteiger partial charge in [0.15, 0.2) is 5.76 Å². The molecule has 3 aromatic rings. The standard InChI is InChI=1S/C26H26ClN3O5/c27-19-10-12-20(13-11-19)30(23(31)17-29-25(32)22-9-5-15-35-22)24(18-6-2-1-3-7-18)26(33)28-16-21-8-4-14-34-21/h1-3,5-7,9-13,15,21,24H,4,8,14,16-17H2,(H,28,33)(H,29,32)/t21-,24+/m0/s1. The summed E-state index contributed by atoms with van der Waals surface area (Å²) in [5.74, 6) is -1.27. The van der Waals surface area contributed by atoms with Crippen molar-refractivity contribution in [3.05, 3.63) is 89.3 Å². The van der Waals surface area contributed by atoms with Crippen LogP contribution in [0.3, 0.4) is 0 Å². The number of hydrogen-bond acceptors (Lipinski definition) is 5. The quantitative estimate of drug-likeness (QED) is 0.471. The van der Waals surface area contributed by atoms with Gasteiger partial charge in [0.1, 0.15) is 6.04 Å². The molecule has 3 amide bonds. The fraction of sp³-hybridized carbons (Fsp3) is 0.269. The minimum Gasteiger partial charge on any atom is -0.459 e. The van der Waals surface area contributed by atoms with E-state index < -0.39 is 17.9 Å². The Morgan fingerprint density at radius 2 is 1.77 bits per heavy atom. The summed E-state index contributed by atoms with van der Waals surface area (Å²) in [6.07, 6.45) is 3.14. The number of ether oxygens (including phenoxy) is 1. The SMILES string of the molecule is O=C(NCC(=O)N(c1ccc(Cl)cc1)[C@@H](C(=O)NC[C@@H]1CCCO1)c1ccccc1)c1ccco1. The minimum atomic E-state index is -0.980. The molecule has 0 saturated carbocycles. The number of nitrogens with zero attached hydrogens (tertiary/aromatic N) is 1. The van der Waals surface area contributed by atoms with Crippen LogP contribution in [0, 0.1) is 0 Å². The van der Waals surface area contributed by atoms with E-state index in [0.717, 1.165) is 12.8 Å². The molecule has 1 aliphatic rings. The van der Waals surface area contributed by atoms with Crippen LogP contribution in [0.25, 0.3) is 0 Å². The van der Waals surface area contributed by atoms with Crippen molar-refractivity contribution >= 4 is 35.0 Å². The molecule has 35 heavy (non-hydrogen) atoms. The molecule has 1 saturated heterocycles. The molecule has 2 aromatic carbocycles. The van der Waals surface area contributed by atoms with Crippen molar-refractivity contribution in [1.82, 2.24) is 10.6 Å². The first-order valence-electron chi connectivity index (χ1n) is 11.4. The van der Waals surface area contributed by atoms with Gasteiger partial charge in [0, 0.05) is 23.9 Å². The molecule has 2 heterocycles. The lowest BCUT2D eigenvalue weighted by molar-refractivity contribution is -0.126. The van der Waals surface area contributed by atoms with Gasteiger partial charge in [-0.25, -0.2) is 0 Å². The fourth-order valence-electron chi connectivity index (χ4n) is 3.94. The number of amides is 3. The van der Waals surface area contributed by atoms with Crippen LogP contribution in [0.1, 0.15) is 35.0 Å². The Bertz CT molecular complexity index is 1130. The molecule has 0 bridgehead atoms. The largest absolute Gasteiger partial charge is 0.459 e. The van der Waals surface area contributed by atoms with Crippen molar-refractivity contribution in [3.8, 4) is 0 Å². The number of anilines is 1.